The van der Waals surface area contributed by atoms with E-state index in [9.17, 15) is 4.79 Å². The first-order chi connectivity index (χ1) is 9.29. The highest BCUT2D eigenvalue weighted by Crippen LogP contribution is 2.25. The number of hydrogen-bond donors (Lipinski definition) is 0. The zero-order valence-electron chi connectivity index (χ0n) is 11.3. The van der Waals surface area contributed by atoms with E-state index in [2.05, 4.69) is 0 Å². The quantitative estimate of drug-likeness (QED) is 0.755. The minimum Gasteiger partial charge on any atom is -0.334 e. The predicted molar refractivity (Wildman–Crippen MR) is 84.6 cm³/mol. The van der Waals surface area contributed by atoms with Gasteiger partial charge in [0.15, 0.2) is 3.95 Å². The number of nitrogens with zero attached hydrogens (tertiary/aromatic N) is 1. The first kappa shape index (κ1) is 15.2. The summed E-state index contributed by atoms with van der Waals surface area (Å²) in [6, 6.07) is 7.29. The summed E-state index contributed by atoms with van der Waals surface area (Å²) in [7, 11) is 0. The van der Waals surface area contributed by atoms with Crippen LogP contribution >= 0.6 is 35.2 Å². The Morgan fingerprint density at radius 1 is 1.30 bits per heavy atom. The summed E-state index contributed by atoms with van der Waals surface area (Å²) in [5.74, 6) is -0.331. The van der Waals surface area contributed by atoms with Gasteiger partial charge in [0.05, 0.1) is 5.41 Å². The van der Waals surface area contributed by atoms with E-state index in [1.165, 1.54) is 16.1 Å². The van der Waals surface area contributed by atoms with Crippen LogP contribution < -0.4 is 4.84 Å². The molecule has 2 rings (SSSR count). The van der Waals surface area contributed by atoms with Crippen molar-refractivity contribution in [2.24, 2.45) is 5.41 Å². The number of thiazole rings is 1. The van der Waals surface area contributed by atoms with Crippen LogP contribution in [0.15, 0.2) is 29.6 Å². The summed E-state index contributed by atoms with van der Waals surface area (Å²) in [6.07, 6.45) is 0. The van der Waals surface area contributed by atoms with E-state index in [1.807, 2.05) is 17.5 Å². The fourth-order valence-electron chi connectivity index (χ4n) is 1.41. The lowest BCUT2D eigenvalue weighted by Gasteiger charge is -2.17. The molecular formula is C14H14ClNO2S2. The monoisotopic (exact) mass is 327 g/mol. The molecule has 0 saturated carbocycles. The molecule has 106 valence electrons. The van der Waals surface area contributed by atoms with Crippen LogP contribution in [0.2, 0.25) is 5.02 Å². The number of carbonyl (C=O) groups excluding carboxylic acids is 1. The molecule has 0 bridgehead atoms. The highest BCUT2D eigenvalue weighted by Gasteiger charge is 2.25. The van der Waals surface area contributed by atoms with Crippen molar-refractivity contribution in [3.8, 4) is 11.3 Å². The summed E-state index contributed by atoms with van der Waals surface area (Å²) in [5.41, 5.74) is 1.05. The van der Waals surface area contributed by atoms with Crippen molar-refractivity contribution in [1.82, 2.24) is 4.73 Å². The van der Waals surface area contributed by atoms with Gasteiger partial charge in [0.25, 0.3) is 0 Å². The van der Waals surface area contributed by atoms with Gasteiger partial charge in [-0.05, 0) is 45.1 Å². The second-order valence-corrected chi connectivity index (χ2v) is 7.26. The van der Waals surface area contributed by atoms with Gasteiger partial charge in [-0.3, -0.25) is 0 Å². The lowest BCUT2D eigenvalue weighted by Crippen LogP contribution is -2.31. The molecule has 0 aliphatic carbocycles. The number of carbonyl (C=O) groups is 1. The molecule has 20 heavy (non-hydrogen) atoms. The van der Waals surface area contributed by atoms with Crippen LogP contribution in [-0.4, -0.2) is 10.7 Å². The summed E-state index contributed by atoms with van der Waals surface area (Å²) in [4.78, 5) is 17.4. The summed E-state index contributed by atoms with van der Waals surface area (Å²) >= 11 is 12.4. The molecule has 2 aromatic rings. The van der Waals surface area contributed by atoms with E-state index in [0.717, 1.165) is 11.3 Å². The SMILES string of the molecule is CC(C)(C)C(=O)On1c(-c2ccc(Cl)cc2)csc1=S. The minimum atomic E-state index is -0.589. The van der Waals surface area contributed by atoms with Gasteiger partial charge in [-0.15, -0.1) is 11.3 Å². The highest BCUT2D eigenvalue weighted by molar-refractivity contribution is 7.73. The third-order valence-corrected chi connectivity index (χ3v) is 4.00. The molecule has 0 radical (unpaired) electrons. The third-order valence-electron chi connectivity index (χ3n) is 2.58. The zero-order chi connectivity index (χ0) is 14.9. The van der Waals surface area contributed by atoms with Crippen molar-refractivity contribution >= 4 is 41.1 Å². The van der Waals surface area contributed by atoms with Gasteiger partial charge in [-0.1, -0.05) is 23.7 Å². The zero-order valence-corrected chi connectivity index (χ0v) is 13.7. The average Bonchev–Trinajstić information content (AvgIpc) is 2.71. The molecule has 6 heteroatoms. The first-order valence-corrected chi connectivity index (χ1v) is 7.65. The number of benzene rings is 1. The van der Waals surface area contributed by atoms with Crippen LogP contribution in [0.5, 0.6) is 0 Å². The Morgan fingerprint density at radius 3 is 2.45 bits per heavy atom. The molecular weight excluding hydrogens is 314 g/mol. The van der Waals surface area contributed by atoms with Crippen molar-refractivity contribution in [1.29, 1.82) is 0 Å². The maximum Gasteiger partial charge on any atom is 0.338 e. The van der Waals surface area contributed by atoms with Gasteiger partial charge in [-0.25, -0.2) is 4.79 Å². The lowest BCUT2D eigenvalue weighted by molar-refractivity contribution is -0.153. The number of halogens is 1. The first-order valence-electron chi connectivity index (χ1n) is 5.98. The molecule has 0 fully saturated rings. The van der Waals surface area contributed by atoms with Crippen LogP contribution in [0.3, 0.4) is 0 Å². The summed E-state index contributed by atoms with van der Waals surface area (Å²) in [5, 5.41) is 2.52. The Hall–Kier alpha value is -1.17. The Morgan fingerprint density at radius 2 is 1.90 bits per heavy atom. The molecule has 0 aliphatic rings. The van der Waals surface area contributed by atoms with Crippen LogP contribution in [0.4, 0.5) is 0 Å². The van der Waals surface area contributed by atoms with E-state index >= 15 is 0 Å². The van der Waals surface area contributed by atoms with Gasteiger partial charge in [0.1, 0.15) is 5.69 Å². The third kappa shape index (κ3) is 3.29. The maximum atomic E-state index is 12.0. The molecule has 0 unspecified atom stereocenters. The molecule has 0 amide bonds. The fraction of sp³-hybridized carbons (Fsp3) is 0.286. The maximum absolute atomic E-state index is 12.0. The lowest BCUT2D eigenvalue weighted by atomic mass is 9.98. The van der Waals surface area contributed by atoms with E-state index in [1.54, 1.807) is 32.9 Å². The van der Waals surface area contributed by atoms with Gasteiger partial charge < -0.3 is 4.84 Å². The largest absolute Gasteiger partial charge is 0.338 e. The van der Waals surface area contributed by atoms with Crippen molar-refractivity contribution < 1.29 is 9.63 Å². The predicted octanol–water partition coefficient (Wildman–Crippen LogP) is 4.60. The van der Waals surface area contributed by atoms with Gasteiger partial charge in [-0.2, -0.15) is 4.73 Å². The smallest absolute Gasteiger partial charge is 0.334 e. The highest BCUT2D eigenvalue weighted by atomic mass is 35.5. The van der Waals surface area contributed by atoms with Gasteiger partial charge in [0, 0.05) is 16.0 Å². The van der Waals surface area contributed by atoms with E-state index < -0.39 is 5.41 Å². The molecule has 3 nitrogen and oxygen atoms in total. The number of hydrogen-bond acceptors (Lipinski definition) is 4. The molecule has 0 saturated heterocycles. The van der Waals surface area contributed by atoms with E-state index in [4.69, 9.17) is 28.7 Å². The minimum absolute atomic E-state index is 0.331. The molecule has 0 aliphatic heterocycles. The molecule has 0 atom stereocenters. The standard InChI is InChI=1S/C14H14ClNO2S2/c1-14(2,3)12(17)18-16-11(8-20-13(16)19)9-4-6-10(15)7-5-9/h4-8H,1-3H3. The molecule has 1 heterocycles. The second-order valence-electron chi connectivity index (χ2n) is 5.32. The average molecular weight is 328 g/mol. The number of aromatic nitrogens is 1. The Kier molecular flexibility index (Phi) is 4.32. The van der Waals surface area contributed by atoms with Crippen LogP contribution in [-0.2, 0) is 4.79 Å². The van der Waals surface area contributed by atoms with Crippen molar-refractivity contribution in [2.75, 3.05) is 0 Å². The van der Waals surface area contributed by atoms with Crippen LogP contribution in [0.1, 0.15) is 20.8 Å². The molecule has 0 spiro atoms. The van der Waals surface area contributed by atoms with Crippen LogP contribution in [0, 0.1) is 9.37 Å². The Bertz CT molecular complexity index is 680. The Balaban J connectivity index is 2.40. The fourth-order valence-corrected chi connectivity index (χ4v) is 2.49. The van der Waals surface area contributed by atoms with E-state index in [0.29, 0.717) is 8.98 Å². The summed E-state index contributed by atoms with van der Waals surface area (Å²) < 4.78 is 1.89. The summed E-state index contributed by atoms with van der Waals surface area (Å²) in [6.45, 7) is 5.40. The van der Waals surface area contributed by atoms with Crippen molar-refractivity contribution in [2.45, 2.75) is 20.8 Å². The molecule has 0 N–H and O–H groups in total. The van der Waals surface area contributed by atoms with E-state index in [-0.39, 0.29) is 5.97 Å². The van der Waals surface area contributed by atoms with Crippen molar-refractivity contribution in [3.05, 3.63) is 38.6 Å². The second kappa shape index (κ2) is 5.68. The molecule has 1 aromatic heterocycles. The Labute approximate surface area is 131 Å². The van der Waals surface area contributed by atoms with Crippen molar-refractivity contribution in [3.63, 3.8) is 0 Å². The van der Waals surface area contributed by atoms with Gasteiger partial charge >= 0.3 is 5.97 Å². The number of rotatable bonds is 2. The normalized spacial score (nSPS) is 11.4. The van der Waals surface area contributed by atoms with Gasteiger partial charge in [0.2, 0.25) is 0 Å². The topological polar surface area (TPSA) is 31.2 Å². The molecule has 1 aromatic carbocycles. The van der Waals surface area contributed by atoms with Crippen LogP contribution in [0.25, 0.3) is 11.3 Å².